The molecule has 0 aromatic carbocycles. The first-order valence-corrected chi connectivity index (χ1v) is 3.62. The Kier molecular flexibility index (Phi) is 2.01. The second-order valence-corrected chi connectivity index (χ2v) is 2.86. The van der Waals surface area contributed by atoms with E-state index in [-0.39, 0.29) is 5.24 Å². The summed E-state index contributed by atoms with van der Waals surface area (Å²) in [6.45, 7) is 0. The quantitative estimate of drug-likeness (QED) is 0.555. The molecule has 0 bridgehead atoms. The standard InChI is InChI=1S/C6H11NOS/c1-7(6(8)9)5-3-2-4-5/h5H,2-4H2,1H3,(H,8,9). The Morgan fingerprint density at radius 1 is 1.67 bits per heavy atom. The highest BCUT2D eigenvalue weighted by atomic mass is 32.1. The molecule has 1 aliphatic carbocycles. The average molecular weight is 145 g/mol. The van der Waals surface area contributed by atoms with E-state index in [0.29, 0.717) is 6.04 Å². The number of thiol groups is 1. The molecule has 0 radical (unpaired) electrons. The van der Waals surface area contributed by atoms with Gasteiger partial charge in [-0.2, -0.15) is 0 Å². The molecule has 1 amide bonds. The molecule has 0 spiro atoms. The Morgan fingerprint density at radius 2 is 2.22 bits per heavy atom. The largest absolute Gasteiger partial charge is 0.334 e. The van der Waals surface area contributed by atoms with Crippen LogP contribution in [0.4, 0.5) is 4.79 Å². The number of carbonyl (C=O) groups is 1. The Bertz CT molecular complexity index is 122. The Labute approximate surface area is 60.6 Å². The smallest absolute Gasteiger partial charge is 0.278 e. The van der Waals surface area contributed by atoms with Gasteiger partial charge in [0.15, 0.2) is 0 Å². The lowest BCUT2D eigenvalue weighted by Gasteiger charge is -2.33. The molecule has 0 saturated heterocycles. The number of nitrogens with zero attached hydrogens (tertiary/aromatic N) is 1. The van der Waals surface area contributed by atoms with E-state index < -0.39 is 0 Å². The maximum absolute atomic E-state index is 10.6. The van der Waals surface area contributed by atoms with Gasteiger partial charge < -0.3 is 4.90 Å². The van der Waals surface area contributed by atoms with Crippen molar-refractivity contribution in [3.63, 3.8) is 0 Å². The molecule has 1 aliphatic rings. The Morgan fingerprint density at radius 3 is 2.33 bits per heavy atom. The third-order valence-corrected chi connectivity index (χ3v) is 2.24. The minimum atomic E-state index is -0.111. The minimum absolute atomic E-state index is 0.111. The molecule has 0 aromatic heterocycles. The van der Waals surface area contributed by atoms with Gasteiger partial charge in [0.05, 0.1) is 0 Å². The third kappa shape index (κ3) is 1.39. The van der Waals surface area contributed by atoms with E-state index >= 15 is 0 Å². The number of amides is 1. The van der Waals surface area contributed by atoms with Crippen LogP contribution in [0.5, 0.6) is 0 Å². The number of rotatable bonds is 1. The summed E-state index contributed by atoms with van der Waals surface area (Å²) in [5.41, 5.74) is 0. The lowest BCUT2D eigenvalue weighted by molar-refractivity contribution is 0.179. The van der Waals surface area contributed by atoms with Gasteiger partial charge in [0.1, 0.15) is 0 Å². The van der Waals surface area contributed by atoms with Gasteiger partial charge in [-0.3, -0.25) is 4.79 Å². The molecule has 52 valence electrons. The summed E-state index contributed by atoms with van der Waals surface area (Å²) in [6, 6.07) is 0.481. The highest BCUT2D eigenvalue weighted by Gasteiger charge is 2.23. The third-order valence-electron chi connectivity index (χ3n) is 1.92. The summed E-state index contributed by atoms with van der Waals surface area (Å²) in [7, 11) is 1.80. The minimum Gasteiger partial charge on any atom is -0.334 e. The van der Waals surface area contributed by atoms with Crippen LogP contribution in [0.25, 0.3) is 0 Å². The first-order valence-electron chi connectivity index (χ1n) is 3.17. The molecule has 3 heteroatoms. The second-order valence-electron chi connectivity index (χ2n) is 2.48. The molecule has 1 rings (SSSR count). The van der Waals surface area contributed by atoms with E-state index in [9.17, 15) is 4.79 Å². The van der Waals surface area contributed by atoms with E-state index in [1.807, 2.05) is 0 Å². The maximum atomic E-state index is 10.6. The summed E-state index contributed by atoms with van der Waals surface area (Å²) in [6.07, 6.45) is 3.57. The van der Waals surface area contributed by atoms with E-state index in [1.165, 1.54) is 6.42 Å². The first-order chi connectivity index (χ1) is 4.22. The van der Waals surface area contributed by atoms with Gasteiger partial charge in [0.25, 0.3) is 5.24 Å². The van der Waals surface area contributed by atoms with E-state index in [1.54, 1.807) is 11.9 Å². The Hall–Kier alpha value is -0.180. The SMILES string of the molecule is CN(C(=O)S)C1CCC1. The summed E-state index contributed by atoms with van der Waals surface area (Å²) in [5.74, 6) is 0. The fourth-order valence-corrected chi connectivity index (χ4v) is 1.09. The fraction of sp³-hybridized carbons (Fsp3) is 0.833. The van der Waals surface area contributed by atoms with Crippen molar-refractivity contribution >= 4 is 17.9 Å². The normalized spacial score (nSPS) is 18.9. The molecule has 1 fully saturated rings. The van der Waals surface area contributed by atoms with Crippen LogP contribution in [0.2, 0.25) is 0 Å². The first kappa shape index (κ1) is 6.93. The van der Waals surface area contributed by atoms with Gasteiger partial charge in [0, 0.05) is 13.1 Å². The van der Waals surface area contributed by atoms with Crippen molar-refractivity contribution in [1.82, 2.24) is 4.90 Å². The maximum Gasteiger partial charge on any atom is 0.278 e. The van der Waals surface area contributed by atoms with Crippen molar-refractivity contribution < 1.29 is 4.79 Å². The predicted octanol–water partition coefficient (Wildman–Crippen LogP) is 1.52. The second kappa shape index (κ2) is 2.60. The van der Waals surface area contributed by atoms with Crippen molar-refractivity contribution in [2.75, 3.05) is 7.05 Å². The zero-order chi connectivity index (χ0) is 6.85. The van der Waals surface area contributed by atoms with E-state index in [2.05, 4.69) is 12.6 Å². The zero-order valence-corrected chi connectivity index (χ0v) is 6.40. The molecule has 0 atom stereocenters. The van der Waals surface area contributed by atoms with Gasteiger partial charge in [-0.1, -0.05) is 12.6 Å². The summed E-state index contributed by atoms with van der Waals surface area (Å²) in [4.78, 5) is 12.3. The average Bonchev–Trinajstić information content (AvgIpc) is 1.60. The van der Waals surface area contributed by atoms with Gasteiger partial charge in [-0.25, -0.2) is 0 Å². The molecular weight excluding hydrogens is 134 g/mol. The highest BCUT2D eigenvalue weighted by Crippen LogP contribution is 2.23. The summed E-state index contributed by atoms with van der Waals surface area (Å²) < 4.78 is 0. The zero-order valence-electron chi connectivity index (χ0n) is 5.50. The van der Waals surface area contributed by atoms with Crippen LogP contribution in [0, 0.1) is 0 Å². The molecule has 0 aliphatic heterocycles. The lowest BCUT2D eigenvalue weighted by atomic mass is 9.92. The number of hydrogen-bond donors (Lipinski definition) is 1. The van der Waals surface area contributed by atoms with E-state index in [4.69, 9.17) is 0 Å². The van der Waals surface area contributed by atoms with Crippen molar-refractivity contribution in [2.45, 2.75) is 25.3 Å². The number of hydrogen-bond acceptors (Lipinski definition) is 1. The van der Waals surface area contributed by atoms with Crippen molar-refractivity contribution in [3.8, 4) is 0 Å². The molecule has 1 saturated carbocycles. The van der Waals surface area contributed by atoms with Gasteiger partial charge in [-0.05, 0) is 19.3 Å². The van der Waals surface area contributed by atoms with Crippen LogP contribution in [0.1, 0.15) is 19.3 Å². The van der Waals surface area contributed by atoms with Crippen LogP contribution >= 0.6 is 12.6 Å². The van der Waals surface area contributed by atoms with Gasteiger partial charge in [-0.15, -0.1) is 0 Å². The lowest BCUT2D eigenvalue weighted by Crippen LogP contribution is -2.38. The number of carbonyl (C=O) groups excluding carboxylic acids is 1. The molecule has 9 heavy (non-hydrogen) atoms. The monoisotopic (exact) mass is 145 g/mol. The van der Waals surface area contributed by atoms with Crippen LogP contribution in [0.3, 0.4) is 0 Å². The van der Waals surface area contributed by atoms with Crippen molar-refractivity contribution in [3.05, 3.63) is 0 Å². The topological polar surface area (TPSA) is 20.3 Å². The summed E-state index contributed by atoms with van der Waals surface area (Å²) in [5, 5.41) is -0.111. The van der Waals surface area contributed by atoms with Crippen LogP contribution in [0.15, 0.2) is 0 Å². The molecule has 0 heterocycles. The molecular formula is C6H11NOS. The van der Waals surface area contributed by atoms with Crippen LogP contribution < -0.4 is 0 Å². The molecule has 2 nitrogen and oxygen atoms in total. The fourth-order valence-electron chi connectivity index (χ4n) is 0.930. The van der Waals surface area contributed by atoms with Gasteiger partial charge in [0.2, 0.25) is 0 Å². The van der Waals surface area contributed by atoms with Crippen LogP contribution in [-0.4, -0.2) is 23.2 Å². The van der Waals surface area contributed by atoms with Crippen molar-refractivity contribution in [2.24, 2.45) is 0 Å². The molecule has 0 N–H and O–H groups in total. The Balaban J connectivity index is 2.32. The van der Waals surface area contributed by atoms with Gasteiger partial charge >= 0.3 is 0 Å². The van der Waals surface area contributed by atoms with Crippen molar-refractivity contribution in [1.29, 1.82) is 0 Å². The predicted molar refractivity (Wildman–Crippen MR) is 39.8 cm³/mol. The van der Waals surface area contributed by atoms with E-state index in [0.717, 1.165) is 12.8 Å². The molecule has 0 aromatic rings. The van der Waals surface area contributed by atoms with Crippen LogP contribution in [-0.2, 0) is 0 Å². The summed E-state index contributed by atoms with van der Waals surface area (Å²) >= 11 is 3.71. The highest BCUT2D eigenvalue weighted by molar-refractivity contribution is 7.96. The molecule has 0 unspecified atom stereocenters.